The van der Waals surface area contributed by atoms with Crippen molar-refractivity contribution in [2.75, 3.05) is 6.54 Å². The Morgan fingerprint density at radius 2 is 1.88 bits per heavy atom. The zero-order chi connectivity index (χ0) is 17.7. The molecule has 1 aromatic carbocycles. The van der Waals surface area contributed by atoms with Crippen LogP contribution >= 0.6 is 0 Å². The summed E-state index contributed by atoms with van der Waals surface area (Å²) in [6.07, 6.45) is 3.25. The van der Waals surface area contributed by atoms with Gasteiger partial charge in [-0.05, 0) is 43.5 Å². The van der Waals surface area contributed by atoms with Crippen molar-refractivity contribution in [1.29, 1.82) is 0 Å². The standard InChI is InChI=1S/C18H24FN3O2/c1-4-16-15(17(23)20-12-18(24,5-2)6-3)11-21-22(16)14-9-7-13(19)8-10-14/h7-11,24H,4-6,12H2,1-3H3,(H,20,23). The van der Waals surface area contributed by atoms with Crippen LogP contribution < -0.4 is 5.32 Å². The van der Waals surface area contributed by atoms with E-state index in [0.29, 0.717) is 30.5 Å². The summed E-state index contributed by atoms with van der Waals surface area (Å²) < 4.78 is 14.7. The molecule has 0 aliphatic rings. The van der Waals surface area contributed by atoms with Gasteiger partial charge in [0.2, 0.25) is 0 Å². The number of aromatic nitrogens is 2. The summed E-state index contributed by atoms with van der Waals surface area (Å²) in [4.78, 5) is 12.5. The molecular weight excluding hydrogens is 309 g/mol. The first-order chi connectivity index (χ1) is 11.4. The molecule has 0 fully saturated rings. The maximum Gasteiger partial charge on any atom is 0.254 e. The van der Waals surface area contributed by atoms with Crippen LogP contribution in [0.25, 0.3) is 5.69 Å². The fourth-order valence-electron chi connectivity index (χ4n) is 2.55. The minimum Gasteiger partial charge on any atom is -0.388 e. The van der Waals surface area contributed by atoms with E-state index in [1.807, 2.05) is 20.8 Å². The molecule has 130 valence electrons. The molecule has 0 saturated heterocycles. The Morgan fingerprint density at radius 1 is 1.25 bits per heavy atom. The zero-order valence-corrected chi connectivity index (χ0v) is 14.3. The number of carbonyl (C=O) groups excluding carboxylic acids is 1. The quantitative estimate of drug-likeness (QED) is 0.819. The number of amides is 1. The van der Waals surface area contributed by atoms with E-state index in [9.17, 15) is 14.3 Å². The molecule has 0 bridgehead atoms. The number of benzene rings is 1. The summed E-state index contributed by atoms with van der Waals surface area (Å²) in [5, 5.41) is 17.3. The van der Waals surface area contributed by atoms with Crippen LogP contribution in [0.3, 0.4) is 0 Å². The van der Waals surface area contributed by atoms with Gasteiger partial charge >= 0.3 is 0 Å². The average molecular weight is 333 g/mol. The molecule has 2 rings (SSSR count). The topological polar surface area (TPSA) is 67.2 Å². The molecule has 0 atom stereocenters. The van der Waals surface area contributed by atoms with E-state index in [1.165, 1.54) is 18.3 Å². The summed E-state index contributed by atoms with van der Waals surface area (Å²) in [7, 11) is 0. The summed E-state index contributed by atoms with van der Waals surface area (Å²) in [5.41, 5.74) is 1.02. The molecule has 0 aliphatic carbocycles. The maximum atomic E-state index is 13.1. The molecule has 0 saturated carbocycles. The molecule has 0 radical (unpaired) electrons. The third kappa shape index (κ3) is 3.82. The van der Waals surface area contributed by atoms with Gasteiger partial charge in [-0.2, -0.15) is 5.10 Å². The number of rotatable bonds is 7. The van der Waals surface area contributed by atoms with Gasteiger partial charge < -0.3 is 10.4 Å². The normalized spacial score (nSPS) is 11.5. The van der Waals surface area contributed by atoms with E-state index in [4.69, 9.17) is 0 Å². The van der Waals surface area contributed by atoms with Crippen LogP contribution in [-0.2, 0) is 6.42 Å². The van der Waals surface area contributed by atoms with Gasteiger partial charge in [-0.25, -0.2) is 9.07 Å². The van der Waals surface area contributed by atoms with Gasteiger partial charge in [0.25, 0.3) is 5.91 Å². The van der Waals surface area contributed by atoms with Gasteiger partial charge in [-0.3, -0.25) is 4.79 Å². The Kier molecular flexibility index (Phi) is 5.72. The van der Waals surface area contributed by atoms with Crippen molar-refractivity contribution in [1.82, 2.24) is 15.1 Å². The fourth-order valence-corrected chi connectivity index (χ4v) is 2.55. The number of nitrogens with zero attached hydrogens (tertiary/aromatic N) is 2. The van der Waals surface area contributed by atoms with Crippen molar-refractivity contribution in [3.05, 3.63) is 47.5 Å². The minimum absolute atomic E-state index is 0.198. The van der Waals surface area contributed by atoms with E-state index < -0.39 is 5.60 Å². The predicted molar refractivity (Wildman–Crippen MR) is 90.8 cm³/mol. The van der Waals surface area contributed by atoms with Crippen LogP contribution in [-0.4, -0.2) is 32.9 Å². The number of nitrogens with one attached hydrogen (secondary N) is 1. The number of carbonyl (C=O) groups is 1. The zero-order valence-electron chi connectivity index (χ0n) is 14.3. The monoisotopic (exact) mass is 333 g/mol. The molecule has 5 nitrogen and oxygen atoms in total. The Hall–Kier alpha value is -2.21. The van der Waals surface area contributed by atoms with Gasteiger partial charge in [0.15, 0.2) is 0 Å². The van der Waals surface area contributed by atoms with Crippen molar-refractivity contribution >= 4 is 5.91 Å². The first-order valence-electron chi connectivity index (χ1n) is 8.27. The van der Waals surface area contributed by atoms with Crippen LogP contribution in [0.1, 0.15) is 49.7 Å². The van der Waals surface area contributed by atoms with Crippen LogP contribution in [0.4, 0.5) is 4.39 Å². The lowest BCUT2D eigenvalue weighted by molar-refractivity contribution is 0.0314. The smallest absolute Gasteiger partial charge is 0.254 e. The van der Waals surface area contributed by atoms with Crippen molar-refractivity contribution in [3.63, 3.8) is 0 Å². The van der Waals surface area contributed by atoms with Crippen molar-refractivity contribution in [2.24, 2.45) is 0 Å². The minimum atomic E-state index is -0.894. The van der Waals surface area contributed by atoms with Gasteiger partial charge in [-0.15, -0.1) is 0 Å². The molecule has 0 aliphatic heterocycles. The molecule has 2 aromatic rings. The first kappa shape index (κ1) is 18.1. The number of hydrogen-bond donors (Lipinski definition) is 2. The van der Waals surface area contributed by atoms with E-state index >= 15 is 0 Å². The highest BCUT2D eigenvalue weighted by molar-refractivity contribution is 5.95. The Bertz CT molecular complexity index is 691. The fraction of sp³-hybridized carbons (Fsp3) is 0.444. The Labute approximate surface area is 141 Å². The number of hydrogen-bond acceptors (Lipinski definition) is 3. The predicted octanol–water partition coefficient (Wildman–Crippen LogP) is 2.85. The molecule has 0 unspecified atom stereocenters. The molecule has 1 aromatic heterocycles. The van der Waals surface area contributed by atoms with Gasteiger partial charge in [0, 0.05) is 6.54 Å². The second-order valence-electron chi connectivity index (χ2n) is 5.86. The summed E-state index contributed by atoms with van der Waals surface area (Å²) >= 11 is 0. The lowest BCUT2D eigenvalue weighted by atomic mass is 9.97. The molecular formula is C18H24FN3O2. The second-order valence-corrected chi connectivity index (χ2v) is 5.86. The van der Waals surface area contributed by atoms with E-state index in [0.717, 1.165) is 5.69 Å². The largest absolute Gasteiger partial charge is 0.388 e. The SMILES string of the molecule is CCc1c(C(=O)NCC(O)(CC)CC)cnn1-c1ccc(F)cc1. The Morgan fingerprint density at radius 3 is 2.42 bits per heavy atom. The molecule has 1 heterocycles. The highest BCUT2D eigenvalue weighted by Gasteiger charge is 2.24. The van der Waals surface area contributed by atoms with Crippen molar-refractivity contribution in [3.8, 4) is 5.69 Å². The number of aliphatic hydroxyl groups is 1. The summed E-state index contributed by atoms with van der Waals surface area (Å²) in [6.45, 7) is 5.91. The lowest BCUT2D eigenvalue weighted by Crippen LogP contribution is -2.42. The molecule has 2 N–H and O–H groups in total. The van der Waals surface area contributed by atoms with E-state index in [-0.39, 0.29) is 18.3 Å². The summed E-state index contributed by atoms with van der Waals surface area (Å²) in [5.74, 6) is -0.583. The maximum absolute atomic E-state index is 13.1. The van der Waals surface area contributed by atoms with Gasteiger partial charge in [-0.1, -0.05) is 20.8 Å². The average Bonchev–Trinajstić information content (AvgIpc) is 3.04. The Balaban J connectivity index is 2.22. The third-order valence-corrected chi connectivity index (χ3v) is 4.41. The van der Waals surface area contributed by atoms with Crippen LogP contribution in [0.15, 0.2) is 30.5 Å². The van der Waals surface area contributed by atoms with E-state index in [1.54, 1.807) is 16.8 Å². The highest BCUT2D eigenvalue weighted by atomic mass is 19.1. The van der Waals surface area contributed by atoms with Crippen LogP contribution in [0.2, 0.25) is 0 Å². The molecule has 24 heavy (non-hydrogen) atoms. The highest BCUT2D eigenvalue weighted by Crippen LogP contribution is 2.17. The molecule has 1 amide bonds. The second kappa shape index (κ2) is 7.57. The van der Waals surface area contributed by atoms with Crippen molar-refractivity contribution in [2.45, 2.75) is 45.6 Å². The lowest BCUT2D eigenvalue weighted by Gasteiger charge is -2.25. The van der Waals surface area contributed by atoms with E-state index in [2.05, 4.69) is 10.4 Å². The van der Waals surface area contributed by atoms with Crippen LogP contribution in [0.5, 0.6) is 0 Å². The van der Waals surface area contributed by atoms with Gasteiger partial charge in [0.1, 0.15) is 5.82 Å². The first-order valence-corrected chi connectivity index (χ1v) is 8.27. The third-order valence-electron chi connectivity index (χ3n) is 4.41. The van der Waals surface area contributed by atoms with Crippen molar-refractivity contribution < 1.29 is 14.3 Å². The number of halogens is 1. The molecule has 6 heteroatoms. The summed E-state index contributed by atoms with van der Waals surface area (Å²) in [6, 6.07) is 5.96. The van der Waals surface area contributed by atoms with Crippen LogP contribution in [0, 0.1) is 5.82 Å². The molecule has 0 spiro atoms. The van der Waals surface area contributed by atoms with Gasteiger partial charge in [0.05, 0.1) is 28.7 Å².